The molecule has 1 aliphatic carbocycles. The average Bonchev–Trinajstić information content (AvgIpc) is 2.36. The molecule has 1 unspecified atom stereocenters. The summed E-state index contributed by atoms with van der Waals surface area (Å²) in [4.78, 5) is 0. The molecule has 106 valence electrons. The van der Waals surface area contributed by atoms with Crippen LogP contribution < -0.4 is 5.32 Å². The molecule has 0 fully saturated rings. The lowest BCUT2D eigenvalue weighted by Crippen LogP contribution is -2.40. The van der Waals surface area contributed by atoms with Crippen molar-refractivity contribution in [1.82, 2.24) is 5.32 Å². The van der Waals surface area contributed by atoms with E-state index in [1.807, 2.05) is 19.1 Å². The van der Waals surface area contributed by atoms with Gasteiger partial charge in [0.2, 0.25) is 0 Å². The highest BCUT2D eigenvalue weighted by Gasteiger charge is 2.24. The van der Waals surface area contributed by atoms with E-state index in [2.05, 4.69) is 19.2 Å². The molecule has 0 amide bonds. The highest BCUT2D eigenvalue weighted by Crippen LogP contribution is 2.32. The minimum absolute atomic E-state index is 0.150. The normalized spacial score (nSPS) is 19.2. The van der Waals surface area contributed by atoms with E-state index in [-0.39, 0.29) is 5.60 Å². The van der Waals surface area contributed by atoms with Gasteiger partial charge in [0, 0.05) is 19.2 Å². The van der Waals surface area contributed by atoms with Crippen LogP contribution >= 0.6 is 0 Å². The average molecular weight is 263 g/mol. The van der Waals surface area contributed by atoms with Crippen molar-refractivity contribution >= 4 is 0 Å². The molecule has 0 saturated carbocycles. The Hall–Kier alpha value is -1.06. The zero-order valence-electron chi connectivity index (χ0n) is 12.2. The van der Waals surface area contributed by atoms with Gasteiger partial charge in [-0.05, 0) is 63.3 Å². The van der Waals surface area contributed by atoms with Gasteiger partial charge in [-0.25, -0.2) is 0 Å². The lowest BCUT2D eigenvalue weighted by Gasteiger charge is -2.31. The van der Waals surface area contributed by atoms with E-state index in [9.17, 15) is 5.11 Å². The second-order valence-electron chi connectivity index (χ2n) is 5.90. The Kier molecular flexibility index (Phi) is 4.48. The quantitative estimate of drug-likeness (QED) is 0.857. The van der Waals surface area contributed by atoms with E-state index in [4.69, 9.17) is 4.74 Å². The Balaban J connectivity index is 2.05. The first-order valence-corrected chi connectivity index (χ1v) is 7.21. The summed E-state index contributed by atoms with van der Waals surface area (Å²) < 4.78 is 5.72. The van der Waals surface area contributed by atoms with Crippen molar-refractivity contribution in [2.75, 3.05) is 13.2 Å². The Bertz CT molecular complexity index is 429. The molecule has 1 aliphatic rings. The van der Waals surface area contributed by atoms with Crippen molar-refractivity contribution in [1.29, 1.82) is 0 Å². The second-order valence-corrected chi connectivity index (χ2v) is 5.90. The van der Waals surface area contributed by atoms with Gasteiger partial charge < -0.3 is 15.2 Å². The van der Waals surface area contributed by atoms with Crippen LogP contribution in [0.4, 0.5) is 0 Å². The number of phenolic OH excluding ortho intramolecular Hbond substituents is 1. The van der Waals surface area contributed by atoms with Crippen molar-refractivity contribution in [2.45, 2.75) is 51.7 Å². The van der Waals surface area contributed by atoms with Crippen molar-refractivity contribution in [3.63, 3.8) is 0 Å². The standard InChI is InChI=1S/C16H25NO2/c1-4-19-16(2,3)11-17-15-7-5-6-12-8-9-13(18)10-14(12)15/h8-10,15,17-18H,4-7,11H2,1-3H3. The zero-order chi connectivity index (χ0) is 13.9. The molecule has 1 aromatic rings. The van der Waals surface area contributed by atoms with Crippen LogP contribution in [0.2, 0.25) is 0 Å². The number of rotatable bonds is 5. The van der Waals surface area contributed by atoms with Crippen LogP contribution in [0.1, 0.15) is 50.8 Å². The number of aryl methyl sites for hydroxylation is 1. The molecule has 3 heteroatoms. The van der Waals surface area contributed by atoms with Gasteiger partial charge in [-0.3, -0.25) is 0 Å². The van der Waals surface area contributed by atoms with Crippen LogP contribution in [0.5, 0.6) is 5.75 Å². The Labute approximate surface area is 116 Å². The predicted molar refractivity (Wildman–Crippen MR) is 77.5 cm³/mol. The number of aromatic hydroxyl groups is 1. The van der Waals surface area contributed by atoms with Gasteiger partial charge >= 0.3 is 0 Å². The molecular weight excluding hydrogens is 238 g/mol. The van der Waals surface area contributed by atoms with Crippen LogP contribution in [0.15, 0.2) is 18.2 Å². The van der Waals surface area contributed by atoms with E-state index < -0.39 is 0 Å². The fourth-order valence-corrected chi connectivity index (χ4v) is 2.81. The summed E-state index contributed by atoms with van der Waals surface area (Å²) in [5, 5.41) is 13.3. The first-order valence-electron chi connectivity index (χ1n) is 7.21. The summed E-state index contributed by atoms with van der Waals surface area (Å²) in [6.07, 6.45) is 3.44. The molecule has 0 aliphatic heterocycles. The van der Waals surface area contributed by atoms with E-state index in [0.29, 0.717) is 11.8 Å². The van der Waals surface area contributed by atoms with Crippen LogP contribution in [0.3, 0.4) is 0 Å². The number of nitrogens with one attached hydrogen (secondary N) is 1. The number of hydrogen-bond acceptors (Lipinski definition) is 3. The molecule has 2 N–H and O–H groups in total. The first-order chi connectivity index (χ1) is 9.02. The van der Waals surface area contributed by atoms with Gasteiger partial charge in [0.25, 0.3) is 0 Å². The van der Waals surface area contributed by atoms with Gasteiger partial charge in [-0.15, -0.1) is 0 Å². The predicted octanol–water partition coefficient (Wildman–Crippen LogP) is 3.17. The van der Waals surface area contributed by atoms with Gasteiger partial charge in [-0.1, -0.05) is 6.07 Å². The van der Waals surface area contributed by atoms with E-state index in [1.54, 1.807) is 6.07 Å². The maximum atomic E-state index is 9.67. The Morgan fingerprint density at radius 2 is 2.21 bits per heavy atom. The second kappa shape index (κ2) is 5.93. The molecule has 0 aromatic heterocycles. The van der Waals surface area contributed by atoms with Crippen LogP contribution in [-0.4, -0.2) is 23.9 Å². The Morgan fingerprint density at radius 3 is 2.95 bits per heavy atom. The van der Waals surface area contributed by atoms with Crippen molar-refractivity contribution in [3.8, 4) is 5.75 Å². The van der Waals surface area contributed by atoms with Crippen molar-refractivity contribution < 1.29 is 9.84 Å². The van der Waals surface area contributed by atoms with E-state index in [1.165, 1.54) is 17.5 Å². The summed E-state index contributed by atoms with van der Waals surface area (Å²) in [5.41, 5.74) is 2.46. The Morgan fingerprint density at radius 1 is 1.42 bits per heavy atom. The zero-order valence-corrected chi connectivity index (χ0v) is 12.2. The van der Waals surface area contributed by atoms with Crippen LogP contribution in [0.25, 0.3) is 0 Å². The maximum Gasteiger partial charge on any atom is 0.115 e. The summed E-state index contributed by atoms with van der Waals surface area (Å²) in [6, 6.07) is 6.06. The molecule has 1 aromatic carbocycles. The van der Waals surface area contributed by atoms with E-state index in [0.717, 1.165) is 26.0 Å². The van der Waals surface area contributed by atoms with Crippen molar-refractivity contribution in [2.24, 2.45) is 0 Å². The van der Waals surface area contributed by atoms with E-state index >= 15 is 0 Å². The lowest BCUT2D eigenvalue weighted by atomic mass is 9.87. The lowest BCUT2D eigenvalue weighted by molar-refractivity contribution is -0.0109. The van der Waals surface area contributed by atoms with Crippen LogP contribution in [-0.2, 0) is 11.2 Å². The molecule has 0 spiro atoms. The van der Waals surface area contributed by atoms with Gasteiger partial charge in [0.15, 0.2) is 0 Å². The SMILES string of the molecule is CCOC(C)(C)CNC1CCCc2ccc(O)cc21. The largest absolute Gasteiger partial charge is 0.508 e. The maximum absolute atomic E-state index is 9.67. The molecule has 3 nitrogen and oxygen atoms in total. The molecular formula is C16H25NO2. The molecule has 0 heterocycles. The number of hydrogen-bond donors (Lipinski definition) is 2. The summed E-state index contributed by atoms with van der Waals surface area (Å²) in [5.74, 6) is 0.358. The third-order valence-electron chi connectivity index (χ3n) is 3.75. The van der Waals surface area contributed by atoms with Crippen LogP contribution in [0, 0.1) is 0 Å². The molecule has 0 radical (unpaired) electrons. The minimum Gasteiger partial charge on any atom is -0.508 e. The van der Waals surface area contributed by atoms with Gasteiger partial charge in [0.05, 0.1) is 5.60 Å². The monoisotopic (exact) mass is 263 g/mol. The molecule has 1 atom stereocenters. The number of fused-ring (bicyclic) bond motifs is 1. The summed E-state index contributed by atoms with van der Waals surface area (Å²) >= 11 is 0. The molecule has 0 saturated heterocycles. The number of benzene rings is 1. The fourth-order valence-electron chi connectivity index (χ4n) is 2.81. The molecule has 0 bridgehead atoms. The van der Waals surface area contributed by atoms with Crippen molar-refractivity contribution in [3.05, 3.63) is 29.3 Å². The third kappa shape index (κ3) is 3.71. The van der Waals surface area contributed by atoms with Gasteiger partial charge in [-0.2, -0.15) is 0 Å². The number of phenols is 1. The third-order valence-corrected chi connectivity index (χ3v) is 3.75. The smallest absolute Gasteiger partial charge is 0.115 e. The van der Waals surface area contributed by atoms with Gasteiger partial charge in [0.1, 0.15) is 5.75 Å². The minimum atomic E-state index is -0.150. The fraction of sp³-hybridized carbons (Fsp3) is 0.625. The highest BCUT2D eigenvalue weighted by molar-refractivity contribution is 5.38. The summed E-state index contributed by atoms with van der Waals surface area (Å²) in [6.45, 7) is 7.79. The number of ether oxygens (including phenoxy) is 1. The molecule has 19 heavy (non-hydrogen) atoms. The highest BCUT2D eigenvalue weighted by atomic mass is 16.5. The topological polar surface area (TPSA) is 41.5 Å². The first kappa shape index (κ1) is 14.4. The summed E-state index contributed by atoms with van der Waals surface area (Å²) in [7, 11) is 0. The molecule has 2 rings (SSSR count).